The van der Waals surface area contributed by atoms with Gasteiger partial charge in [-0.3, -0.25) is 0 Å². The number of aromatic nitrogens is 3. The van der Waals surface area contributed by atoms with Crippen LogP contribution >= 0.6 is 11.6 Å². The third-order valence-corrected chi connectivity index (χ3v) is 6.13. The second-order valence-corrected chi connectivity index (χ2v) is 8.84. The number of nitrogens with one attached hydrogen (secondary N) is 1. The van der Waals surface area contributed by atoms with Crippen molar-refractivity contribution in [1.82, 2.24) is 14.6 Å². The maximum absolute atomic E-state index is 10.2. The van der Waals surface area contributed by atoms with Gasteiger partial charge in [0.25, 0.3) is 0 Å². The summed E-state index contributed by atoms with van der Waals surface area (Å²) in [5.74, 6) is 1.26. The summed E-state index contributed by atoms with van der Waals surface area (Å²) in [4.78, 5) is 4.83. The van der Waals surface area contributed by atoms with E-state index in [1.807, 2.05) is 49.0 Å². The van der Waals surface area contributed by atoms with Gasteiger partial charge in [-0.25, -0.2) is 9.50 Å². The summed E-state index contributed by atoms with van der Waals surface area (Å²) in [5, 5.41) is 18.3. The molecule has 2 aliphatic rings. The van der Waals surface area contributed by atoms with E-state index in [1.165, 1.54) is 5.57 Å². The van der Waals surface area contributed by atoms with E-state index in [0.717, 1.165) is 49.1 Å². The van der Waals surface area contributed by atoms with E-state index in [-0.39, 0.29) is 5.38 Å². The summed E-state index contributed by atoms with van der Waals surface area (Å²) in [5.41, 5.74) is 2.48. The molecule has 0 bridgehead atoms. The molecule has 144 valence electrons. The number of aliphatic hydroxyl groups is 1. The van der Waals surface area contributed by atoms with Crippen LogP contribution in [0.5, 0.6) is 0 Å². The van der Waals surface area contributed by atoms with Crippen LogP contribution in [0.4, 0.5) is 5.82 Å². The Bertz CT molecular complexity index is 872. The highest BCUT2D eigenvalue weighted by atomic mass is 35.5. The molecule has 4 rings (SSSR count). The zero-order valence-corrected chi connectivity index (χ0v) is 16.7. The van der Waals surface area contributed by atoms with Gasteiger partial charge in [0, 0.05) is 17.8 Å². The average molecular weight is 387 g/mol. The van der Waals surface area contributed by atoms with Crippen molar-refractivity contribution in [1.29, 1.82) is 0 Å². The van der Waals surface area contributed by atoms with Gasteiger partial charge in [-0.15, -0.1) is 11.6 Å². The zero-order valence-electron chi connectivity index (χ0n) is 15.9. The van der Waals surface area contributed by atoms with Crippen LogP contribution in [0.15, 0.2) is 36.7 Å². The molecular weight excluding hydrogens is 360 g/mol. The summed E-state index contributed by atoms with van der Waals surface area (Å²) in [7, 11) is 0. The van der Waals surface area contributed by atoms with Crippen molar-refractivity contribution in [2.75, 3.05) is 5.32 Å². The number of allylic oxidation sites excluding steroid dienone is 4. The number of nitrogens with zero attached hydrogens (tertiary/aromatic N) is 3. The minimum absolute atomic E-state index is 0.0206. The molecule has 0 spiro atoms. The Kier molecular flexibility index (Phi) is 4.99. The number of anilines is 1. The molecule has 1 unspecified atom stereocenters. The molecule has 0 amide bonds. The number of fused-ring (bicyclic) bond motifs is 1. The van der Waals surface area contributed by atoms with E-state index in [1.54, 1.807) is 0 Å². The van der Waals surface area contributed by atoms with Crippen LogP contribution in [0.1, 0.15) is 51.5 Å². The van der Waals surface area contributed by atoms with Gasteiger partial charge in [0.1, 0.15) is 5.82 Å². The Morgan fingerprint density at radius 2 is 2.04 bits per heavy atom. The predicted molar refractivity (Wildman–Crippen MR) is 110 cm³/mol. The Hall–Kier alpha value is -1.85. The van der Waals surface area contributed by atoms with Gasteiger partial charge in [0.15, 0.2) is 5.65 Å². The summed E-state index contributed by atoms with van der Waals surface area (Å²) < 4.78 is 1.81. The van der Waals surface area contributed by atoms with Gasteiger partial charge in [-0.2, -0.15) is 5.10 Å². The largest absolute Gasteiger partial charge is 0.390 e. The number of alkyl halides is 1. The van der Waals surface area contributed by atoms with Crippen molar-refractivity contribution in [3.8, 4) is 0 Å². The molecule has 2 heterocycles. The molecule has 27 heavy (non-hydrogen) atoms. The van der Waals surface area contributed by atoms with Crippen molar-refractivity contribution in [3.63, 3.8) is 0 Å². The lowest BCUT2D eigenvalue weighted by molar-refractivity contribution is -0.000401. The molecule has 6 heteroatoms. The Morgan fingerprint density at radius 1 is 1.26 bits per heavy atom. The Morgan fingerprint density at radius 3 is 2.74 bits per heavy atom. The SMILES string of the molecule is CC(C)(O)C1CCC(Nc2ccn3ncc(C4=CC=CC(Cl)C4)c3n2)CC1. The third-order valence-electron chi connectivity index (χ3n) is 5.83. The molecule has 2 aliphatic carbocycles. The topological polar surface area (TPSA) is 62.5 Å². The van der Waals surface area contributed by atoms with E-state index in [2.05, 4.69) is 16.5 Å². The van der Waals surface area contributed by atoms with Gasteiger partial charge < -0.3 is 10.4 Å². The maximum Gasteiger partial charge on any atom is 0.164 e. The molecule has 1 fully saturated rings. The lowest BCUT2D eigenvalue weighted by atomic mass is 9.77. The van der Waals surface area contributed by atoms with Crippen molar-refractivity contribution in [2.45, 2.75) is 63.0 Å². The fourth-order valence-corrected chi connectivity index (χ4v) is 4.42. The van der Waals surface area contributed by atoms with Crippen molar-refractivity contribution < 1.29 is 5.11 Å². The molecule has 0 radical (unpaired) electrons. The van der Waals surface area contributed by atoms with Crippen molar-refractivity contribution in [3.05, 3.63) is 42.3 Å². The summed E-state index contributed by atoms with van der Waals surface area (Å²) in [6, 6.07) is 2.37. The van der Waals surface area contributed by atoms with Crippen LogP contribution in [-0.4, -0.2) is 36.7 Å². The highest BCUT2D eigenvalue weighted by molar-refractivity contribution is 6.22. The van der Waals surface area contributed by atoms with Gasteiger partial charge in [0.05, 0.1) is 17.2 Å². The number of halogens is 1. The van der Waals surface area contributed by atoms with Gasteiger partial charge in [-0.1, -0.05) is 18.2 Å². The van der Waals surface area contributed by atoms with E-state index in [9.17, 15) is 5.11 Å². The molecule has 5 nitrogen and oxygen atoms in total. The van der Waals surface area contributed by atoms with Crippen molar-refractivity contribution >= 4 is 28.6 Å². The van der Waals surface area contributed by atoms with Gasteiger partial charge >= 0.3 is 0 Å². The minimum atomic E-state index is -0.586. The Labute approximate surface area is 165 Å². The molecule has 0 aromatic carbocycles. The predicted octanol–water partition coefficient (Wildman–Crippen LogP) is 4.42. The normalized spacial score (nSPS) is 26.2. The molecule has 0 aliphatic heterocycles. The first kappa shape index (κ1) is 18.5. The quantitative estimate of drug-likeness (QED) is 0.763. The molecule has 1 saturated carbocycles. The second kappa shape index (κ2) is 7.28. The fourth-order valence-electron chi connectivity index (χ4n) is 4.17. The van der Waals surface area contributed by atoms with E-state index in [0.29, 0.717) is 12.0 Å². The summed E-state index contributed by atoms with van der Waals surface area (Å²) in [6.45, 7) is 3.84. The van der Waals surface area contributed by atoms with Gasteiger partial charge in [0.2, 0.25) is 0 Å². The first-order chi connectivity index (χ1) is 12.9. The average Bonchev–Trinajstić information content (AvgIpc) is 3.05. The molecular formula is C21H27ClN4O. The van der Waals surface area contributed by atoms with E-state index in [4.69, 9.17) is 16.6 Å². The standard InChI is InChI=1S/C21H27ClN4O/c1-21(2,27)15-6-8-17(9-7-15)24-19-10-11-26-20(25-19)18(13-23-26)14-4-3-5-16(22)12-14/h3-5,10-11,13,15-17,27H,6-9,12H2,1-2H3,(H,24,25). The van der Waals surface area contributed by atoms with Crippen LogP contribution in [0.2, 0.25) is 0 Å². The van der Waals surface area contributed by atoms with Crippen LogP contribution in [0.25, 0.3) is 11.2 Å². The monoisotopic (exact) mass is 386 g/mol. The summed E-state index contributed by atoms with van der Waals surface area (Å²) in [6.07, 6.45) is 14.9. The van der Waals surface area contributed by atoms with Crippen LogP contribution in [-0.2, 0) is 0 Å². The van der Waals surface area contributed by atoms with E-state index >= 15 is 0 Å². The first-order valence-electron chi connectivity index (χ1n) is 9.75. The first-order valence-corrected chi connectivity index (χ1v) is 10.2. The number of rotatable bonds is 4. The molecule has 2 N–H and O–H groups in total. The fraction of sp³-hybridized carbons (Fsp3) is 0.524. The molecule has 0 saturated heterocycles. The molecule has 2 aromatic heterocycles. The highest BCUT2D eigenvalue weighted by Crippen LogP contribution is 2.34. The van der Waals surface area contributed by atoms with Gasteiger partial charge in [-0.05, 0) is 63.5 Å². The third kappa shape index (κ3) is 4.04. The Balaban J connectivity index is 1.50. The van der Waals surface area contributed by atoms with E-state index < -0.39 is 5.60 Å². The van der Waals surface area contributed by atoms with Crippen LogP contribution in [0.3, 0.4) is 0 Å². The highest BCUT2D eigenvalue weighted by Gasteiger charge is 2.31. The smallest absolute Gasteiger partial charge is 0.164 e. The van der Waals surface area contributed by atoms with Crippen LogP contribution in [0, 0.1) is 5.92 Å². The summed E-state index contributed by atoms with van der Waals surface area (Å²) >= 11 is 6.28. The lowest BCUT2D eigenvalue weighted by Gasteiger charge is -2.36. The minimum Gasteiger partial charge on any atom is -0.390 e. The van der Waals surface area contributed by atoms with Crippen molar-refractivity contribution in [2.24, 2.45) is 5.92 Å². The molecule has 1 atom stereocenters. The number of hydrogen-bond donors (Lipinski definition) is 2. The number of hydrogen-bond acceptors (Lipinski definition) is 4. The van der Waals surface area contributed by atoms with Crippen LogP contribution < -0.4 is 5.32 Å². The maximum atomic E-state index is 10.2. The second-order valence-electron chi connectivity index (χ2n) is 8.28. The molecule has 2 aromatic rings. The zero-order chi connectivity index (χ0) is 19.0. The lowest BCUT2D eigenvalue weighted by Crippen LogP contribution is -2.37.